The van der Waals surface area contributed by atoms with Crippen molar-refractivity contribution in [2.45, 2.75) is 69.9 Å². The van der Waals surface area contributed by atoms with E-state index in [4.69, 9.17) is 0 Å². The second-order valence-electron chi connectivity index (χ2n) is 9.79. The first kappa shape index (κ1) is 27.2. The molecule has 0 aliphatic heterocycles. The highest BCUT2D eigenvalue weighted by atomic mass is 32.2. The molecule has 2 aromatic carbocycles. The SMILES string of the molecule is Cc1ccc(S(=O)(=O)Nc2ccc(C(=O)N[C@H]3CCCC[C@H]3C(=O)N[C@H](C#N)CC(C)C)cc2)cc1. The Bertz CT molecular complexity index is 1200. The summed E-state index contributed by atoms with van der Waals surface area (Å²) in [7, 11) is -3.74. The third-order valence-corrected chi connectivity index (χ3v) is 7.73. The Hall–Kier alpha value is -3.38. The third-order valence-electron chi connectivity index (χ3n) is 6.33. The number of nitrogens with one attached hydrogen (secondary N) is 3. The minimum atomic E-state index is -3.74. The van der Waals surface area contributed by atoms with Crippen molar-refractivity contribution in [2.24, 2.45) is 11.8 Å². The summed E-state index contributed by atoms with van der Waals surface area (Å²) in [6, 6.07) is 14.0. The van der Waals surface area contributed by atoms with Crippen LogP contribution in [0.25, 0.3) is 0 Å². The van der Waals surface area contributed by atoms with Gasteiger partial charge in [-0.15, -0.1) is 0 Å². The first-order valence-corrected chi connectivity index (χ1v) is 13.8. The molecule has 0 heterocycles. The van der Waals surface area contributed by atoms with Gasteiger partial charge in [-0.3, -0.25) is 14.3 Å². The lowest BCUT2D eigenvalue weighted by Gasteiger charge is -2.32. The molecule has 8 nitrogen and oxygen atoms in total. The maximum atomic E-state index is 12.9. The van der Waals surface area contributed by atoms with Crippen molar-refractivity contribution in [3.63, 3.8) is 0 Å². The predicted octanol–water partition coefficient (Wildman–Crippen LogP) is 4.14. The van der Waals surface area contributed by atoms with E-state index in [1.807, 2.05) is 20.8 Å². The average Bonchev–Trinajstić information content (AvgIpc) is 2.84. The van der Waals surface area contributed by atoms with E-state index >= 15 is 0 Å². The number of anilines is 1. The van der Waals surface area contributed by atoms with E-state index in [1.165, 1.54) is 24.3 Å². The fourth-order valence-corrected chi connectivity index (χ4v) is 5.44. The van der Waals surface area contributed by atoms with Crippen molar-refractivity contribution in [1.29, 1.82) is 5.26 Å². The summed E-state index contributed by atoms with van der Waals surface area (Å²) < 4.78 is 27.7. The molecule has 3 rings (SSSR count). The summed E-state index contributed by atoms with van der Waals surface area (Å²) in [6.07, 6.45) is 3.70. The first-order valence-electron chi connectivity index (χ1n) is 12.3. The molecular weight excluding hydrogens is 476 g/mol. The van der Waals surface area contributed by atoms with Gasteiger partial charge in [0.2, 0.25) is 5.91 Å². The number of sulfonamides is 1. The Labute approximate surface area is 213 Å². The standard InChI is InChI=1S/C27H34N4O4S/c1-18(2)16-22(17-28)29-27(33)24-6-4-5-7-25(24)30-26(32)20-10-12-21(13-11-20)31-36(34,35)23-14-8-19(3)9-15-23/h8-15,18,22,24-25,31H,4-7,16H2,1-3H3,(H,29,33)(H,30,32)/t22-,24+,25-/m0/s1. The predicted molar refractivity (Wildman–Crippen MR) is 139 cm³/mol. The van der Waals surface area contributed by atoms with E-state index < -0.39 is 22.0 Å². The molecule has 2 aromatic rings. The molecule has 0 aromatic heterocycles. The molecule has 0 spiro atoms. The normalized spacial score (nSPS) is 18.6. The first-order chi connectivity index (χ1) is 17.1. The van der Waals surface area contributed by atoms with Crippen LogP contribution in [-0.2, 0) is 14.8 Å². The van der Waals surface area contributed by atoms with Crippen LogP contribution < -0.4 is 15.4 Å². The lowest BCUT2D eigenvalue weighted by atomic mass is 9.83. The molecular formula is C27H34N4O4S. The fourth-order valence-electron chi connectivity index (χ4n) is 4.38. The second kappa shape index (κ2) is 12.0. The molecule has 1 fully saturated rings. The van der Waals surface area contributed by atoms with E-state index in [0.717, 1.165) is 18.4 Å². The van der Waals surface area contributed by atoms with Crippen molar-refractivity contribution < 1.29 is 18.0 Å². The molecule has 9 heteroatoms. The number of hydrogen-bond acceptors (Lipinski definition) is 5. The van der Waals surface area contributed by atoms with Crippen LogP contribution >= 0.6 is 0 Å². The molecule has 0 radical (unpaired) electrons. The Kier molecular flexibility index (Phi) is 9.10. The van der Waals surface area contributed by atoms with E-state index in [2.05, 4.69) is 21.4 Å². The minimum absolute atomic E-state index is 0.156. The molecule has 192 valence electrons. The molecule has 3 atom stereocenters. The zero-order valence-electron chi connectivity index (χ0n) is 21.0. The zero-order valence-corrected chi connectivity index (χ0v) is 21.8. The van der Waals surface area contributed by atoms with Crippen molar-refractivity contribution in [1.82, 2.24) is 10.6 Å². The quantitative estimate of drug-likeness (QED) is 0.467. The fraction of sp³-hybridized carbons (Fsp3) is 0.444. The summed E-state index contributed by atoms with van der Waals surface area (Å²) in [5.41, 5.74) is 1.67. The number of carbonyl (C=O) groups excluding carboxylic acids is 2. The molecule has 1 saturated carbocycles. The lowest BCUT2D eigenvalue weighted by Crippen LogP contribution is -2.50. The average molecular weight is 511 g/mol. The smallest absolute Gasteiger partial charge is 0.261 e. The molecule has 2 amide bonds. The van der Waals surface area contributed by atoms with Crippen LogP contribution in [0.15, 0.2) is 53.4 Å². The number of nitriles is 1. The van der Waals surface area contributed by atoms with Gasteiger partial charge < -0.3 is 10.6 Å². The van der Waals surface area contributed by atoms with Gasteiger partial charge >= 0.3 is 0 Å². The molecule has 0 saturated heterocycles. The molecule has 0 unspecified atom stereocenters. The summed E-state index contributed by atoms with van der Waals surface area (Å²) in [5, 5.41) is 15.2. The van der Waals surface area contributed by atoms with Gasteiger partial charge in [-0.25, -0.2) is 8.42 Å². The Morgan fingerprint density at radius 1 is 1.03 bits per heavy atom. The van der Waals surface area contributed by atoms with E-state index in [9.17, 15) is 23.3 Å². The number of carbonyl (C=O) groups is 2. The lowest BCUT2D eigenvalue weighted by molar-refractivity contribution is -0.127. The van der Waals surface area contributed by atoms with Crippen LogP contribution in [-0.4, -0.2) is 32.3 Å². The monoisotopic (exact) mass is 510 g/mol. The summed E-state index contributed by atoms with van der Waals surface area (Å²) >= 11 is 0. The van der Waals surface area contributed by atoms with Crippen LogP contribution in [0.2, 0.25) is 0 Å². The van der Waals surface area contributed by atoms with Gasteiger partial charge in [-0.2, -0.15) is 5.26 Å². The van der Waals surface area contributed by atoms with E-state index in [1.54, 1.807) is 24.3 Å². The van der Waals surface area contributed by atoms with Gasteiger partial charge in [0.15, 0.2) is 0 Å². The van der Waals surface area contributed by atoms with Gasteiger partial charge in [-0.1, -0.05) is 44.4 Å². The summed E-state index contributed by atoms with van der Waals surface area (Å²) in [4.78, 5) is 26.0. The molecule has 0 bridgehead atoms. The van der Waals surface area contributed by atoms with Gasteiger partial charge in [0, 0.05) is 17.3 Å². The highest BCUT2D eigenvalue weighted by Crippen LogP contribution is 2.26. The number of aryl methyl sites for hydroxylation is 1. The number of nitrogens with zero attached hydrogens (tertiary/aromatic N) is 1. The van der Waals surface area contributed by atoms with Gasteiger partial charge in [-0.05, 0) is 68.5 Å². The highest BCUT2D eigenvalue weighted by molar-refractivity contribution is 7.92. The van der Waals surface area contributed by atoms with Crippen LogP contribution in [0.1, 0.15) is 61.9 Å². The van der Waals surface area contributed by atoms with Crippen molar-refractivity contribution >= 4 is 27.5 Å². The summed E-state index contributed by atoms with van der Waals surface area (Å²) in [6.45, 7) is 5.88. The van der Waals surface area contributed by atoms with Crippen LogP contribution in [0.4, 0.5) is 5.69 Å². The Balaban J connectivity index is 1.63. The van der Waals surface area contributed by atoms with Crippen molar-refractivity contribution in [3.8, 4) is 6.07 Å². The van der Waals surface area contributed by atoms with E-state index in [0.29, 0.717) is 30.5 Å². The van der Waals surface area contributed by atoms with E-state index in [-0.39, 0.29) is 28.7 Å². The molecule has 1 aliphatic rings. The van der Waals surface area contributed by atoms with Crippen LogP contribution in [0, 0.1) is 30.1 Å². The van der Waals surface area contributed by atoms with Gasteiger partial charge in [0.1, 0.15) is 6.04 Å². The number of benzene rings is 2. The molecule has 3 N–H and O–H groups in total. The van der Waals surface area contributed by atoms with Gasteiger partial charge in [0.05, 0.1) is 16.9 Å². The maximum absolute atomic E-state index is 12.9. The van der Waals surface area contributed by atoms with Crippen molar-refractivity contribution in [2.75, 3.05) is 4.72 Å². The third kappa shape index (κ3) is 7.31. The Morgan fingerprint density at radius 3 is 2.28 bits per heavy atom. The zero-order chi connectivity index (χ0) is 26.3. The second-order valence-corrected chi connectivity index (χ2v) is 11.5. The molecule has 1 aliphatic carbocycles. The maximum Gasteiger partial charge on any atom is 0.261 e. The number of hydrogen-bond donors (Lipinski definition) is 3. The number of rotatable bonds is 9. The van der Waals surface area contributed by atoms with Gasteiger partial charge in [0.25, 0.3) is 15.9 Å². The highest BCUT2D eigenvalue weighted by Gasteiger charge is 2.33. The topological polar surface area (TPSA) is 128 Å². The largest absolute Gasteiger partial charge is 0.349 e. The van der Waals surface area contributed by atoms with Crippen LogP contribution in [0.5, 0.6) is 0 Å². The summed E-state index contributed by atoms with van der Waals surface area (Å²) in [5.74, 6) is -0.646. The minimum Gasteiger partial charge on any atom is -0.349 e. The Morgan fingerprint density at radius 2 is 1.67 bits per heavy atom. The molecule has 36 heavy (non-hydrogen) atoms. The number of amides is 2. The van der Waals surface area contributed by atoms with Crippen LogP contribution in [0.3, 0.4) is 0 Å². The van der Waals surface area contributed by atoms with Crippen molar-refractivity contribution in [3.05, 3.63) is 59.7 Å².